The van der Waals surface area contributed by atoms with E-state index in [-0.39, 0.29) is 11.8 Å². The number of nitrogens with zero attached hydrogens (tertiary/aromatic N) is 1. The maximum absolute atomic E-state index is 12.2. The van der Waals surface area contributed by atoms with Crippen molar-refractivity contribution in [1.82, 2.24) is 4.90 Å². The van der Waals surface area contributed by atoms with E-state index in [1.807, 2.05) is 12.1 Å². The average Bonchev–Trinajstić information content (AvgIpc) is 3.01. The topological polar surface area (TPSA) is 61.8 Å². The molecule has 126 valence electrons. The Kier molecular flexibility index (Phi) is 5.65. The highest BCUT2D eigenvalue weighted by molar-refractivity contribution is 5.93. The molecule has 1 saturated heterocycles. The summed E-state index contributed by atoms with van der Waals surface area (Å²) < 4.78 is 5.35. The molecule has 0 aromatic heterocycles. The zero-order valence-corrected chi connectivity index (χ0v) is 13.5. The number of morpholine rings is 1. The number of hydrogen-bond donors (Lipinski definition) is 2. The summed E-state index contributed by atoms with van der Waals surface area (Å²) in [5.41, 5.74) is 2.08. The van der Waals surface area contributed by atoms with Gasteiger partial charge in [0.05, 0.1) is 25.2 Å². The smallest absolute Gasteiger partial charge is 0.230 e. The highest BCUT2D eigenvalue weighted by Crippen LogP contribution is 2.26. The number of hydrogen-bond acceptors (Lipinski definition) is 4. The van der Waals surface area contributed by atoms with Crippen molar-refractivity contribution in [2.24, 2.45) is 5.92 Å². The Labute approximate surface area is 137 Å². The molecule has 23 heavy (non-hydrogen) atoms. The van der Waals surface area contributed by atoms with Gasteiger partial charge in [-0.1, -0.05) is 12.1 Å². The lowest BCUT2D eigenvalue weighted by Crippen LogP contribution is -2.37. The third kappa shape index (κ3) is 4.53. The van der Waals surface area contributed by atoms with Gasteiger partial charge in [0.2, 0.25) is 5.91 Å². The zero-order chi connectivity index (χ0) is 16.1. The Bertz CT molecular complexity index is 512. The van der Waals surface area contributed by atoms with E-state index in [1.54, 1.807) is 0 Å². The number of rotatable bonds is 5. The minimum atomic E-state index is -0.484. The van der Waals surface area contributed by atoms with Crippen LogP contribution in [0.5, 0.6) is 0 Å². The Morgan fingerprint density at radius 3 is 2.61 bits per heavy atom. The Hall–Kier alpha value is -1.43. The van der Waals surface area contributed by atoms with Crippen LogP contribution in [0.2, 0.25) is 0 Å². The van der Waals surface area contributed by atoms with Crippen molar-refractivity contribution >= 4 is 11.6 Å². The molecular formula is C18H26N2O3. The zero-order valence-electron chi connectivity index (χ0n) is 13.5. The van der Waals surface area contributed by atoms with Gasteiger partial charge in [-0.05, 0) is 43.4 Å². The van der Waals surface area contributed by atoms with Crippen LogP contribution in [0.15, 0.2) is 24.3 Å². The van der Waals surface area contributed by atoms with E-state index in [9.17, 15) is 9.90 Å². The first-order valence-corrected chi connectivity index (χ1v) is 8.60. The van der Waals surface area contributed by atoms with Gasteiger partial charge in [-0.2, -0.15) is 0 Å². The molecule has 0 bridgehead atoms. The number of carbonyl (C=O) groups is 1. The maximum Gasteiger partial charge on any atom is 0.230 e. The summed E-state index contributed by atoms with van der Waals surface area (Å²) in [7, 11) is 0. The molecule has 1 aliphatic carbocycles. The summed E-state index contributed by atoms with van der Waals surface area (Å²) in [5.74, 6) is -0.313. The van der Waals surface area contributed by atoms with E-state index in [4.69, 9.17) is 4.74 Å². The Morgan fingerprint density at radius 2 is 1.96 bits per heavy atom. The fourth-order valence-corrected chi connectivity index (χ4v) is 3.35. The molecule has 5 heteroatoms. The standard InChI is InChI=1S/C18H26N2O3/c21-17-3-1-2-16(17)18(22)19-15-6-4-14(5-7-15)8-9-20-10-12-23-13-11-20/h4-7,16-17,21H,1-3,8-13H2,(H,19,22). The third-order valence-corrected chi connectivity index (χ3v) is 4.86. The number of aliphatic hydroxyl groups is 1. The molecular weight excluding hydrogens is 292 g/mol. The van der Waals surface area contributed by atoms with Crippen LogP contribution in [0.3, 0.4) is 0 Å². The molecule has 0 radical (unpaired) electrons. The van der Waals surface area contributed by atoms with Gasteiger partial charge in [0, 0.05) is 25.3 Å². The molecule has 2 unspecified atom stereocenters. The van der Waals surface area contributed by atoms with Gasteiger partial charge >= 0.3 is 0 Å². The number of carbonyl (C=O) groups excluding carboxylic acids is 1. The predicted molar refractivity (Wildman–Crippen MR) is 89.4 cm³/mol. The van der Waals surface area contributed by atoms with Gasteiger partial charge in [-0.15, -0.1) is 0 Å². The van der Waals surface area contributed by atoms with Crippen LogP contribution >= 0.6 is 0 Å². The highest BCUT2D eigenvalue weighted by Gasteiger charge is 2.31. The molecule has 2 atom stereocenters. The lowest BCUT2D eigenvalue weighted by molar-refractivity contribution is -0.122. The van der Waals surface area contributed by atoms with E-state index >= 15 is 0 Å². The molecule has 1 amide bonds. The first-order valence-electron chi connectivity index (χ1n) is 8.60. The van der Waals surface area contributed by atoms with E-state index in [0.29, 0.717) is 0 Å². The lowest BCUT2D eigenvalue weighted by Gasteiger charge is -2.26. The summed E-state index contributed by atoms with van der Waals surface area (Å²) in [5, 5.41) is 12.7. The fourth-order valence-electron chi connectivity index (χ4n) is 3.35. The second-order valence-electron chi connectivity index (χ2n) is 6.49. The van der Waals surface area contributed by atoms with Crippen LogP contribution < -0.4 is 5.32 Å². The lowest BCUT2D eigenvalue weighted by atomic mass is 10.0. The molecule has 2 aliphatic rings. The normalized spacial score (nSPS) is 25.4. The molecule has 1 aromatic rings. The number of anilines is 1. The number of ether oxygens (including phenoxy) is 1. The maximum atomic E-state index is 12.2. The molecule has 1 saturated carbocycles. The van der Waals surface area contributed by atoms with Gasteiger partial charge < -0.3 is 15.2 Å². The van der Waals surface area contributed by atoms with Gasteiger partial charge in [0.1, 0.15) is 0 Å². The summed E-state index contributed by atoms with van der Waals surface area (Å²) in [4.78, 5) is 14.6. The van der Waals surface area contributed by atoms with Gasteiger partial charge in [0.15, 0.2) is 0 Å². The molecule has 0 spiro atoms. The minimum absolute atomic E-state index is 0.0592. The minimum Gasteiger partial charge on any atom is -0.392 e. The predicted octanol–water partition coefficient (Wildman–Crippen LogP) is 1.66. The SMILES string of the molecule is O=C(Nc1ccc(CCN2CCOCC2)cc1)C1CCCC1O. The van der Waals surface area contributed by atoms with Gasteiger partial charge in [-0.3, -0.25) is 9.69 Å². The first kappa shape index (κ1) is 16.4. The van der Waals surface area contributed by atoms with Crippen LogP contribution in [0, 0.1) is 5.92 Å². The quantitative estimate of drug-likeness (QED) is 0.867. The molecule has 1 aliphatic heterocycles. The monoisotopic (exact) mass is 318 g/mol. The van der Waals surface area contributed by atoms with E-state index < -0.39 is 6.10 Å². The van der Waals surface area contributed by atoms with Crippen molar-refractivity contribution in [3.8, 4) is 0 Å². The molecule has 2 N–H and O–H groups in total. The average molecular weight is 318 g/mol. The largest absolute Gasteiger partial charge is 0.392 e. The van der Waals surface area contributed by atoms with E-state index in [0.717, 1.165) is 64.2 Å². The van der Waals surface area contributed by atoms with Crippen molar-refractivity contribution in [1.29, 1.82) is 0 Å². The number of benzene rings is 1. The molecule has 1 aromatic carbocycles. The van der Waals surface area contributed by atoms with Crippen molar-refractivity contribution in [2.45, 2.75) is 31.8 Å². The van der Waals surface area contributed by atoms with Crippen molar-refractivity contribution < 1.29 is 14.6 Å². The highest BCUT2D eigenvalue weighted by atomic mass is 16.5. The summed E-state index contributed by atoms with van der Waals surface area (Å²) in [6, 6.07) is 8.05. The van der Waals surface area contributed by atoms with Crippen molar-refractivity contribution in [3.63, 3.8) is 0 Å². The Morgan fingerprint density at radius 1 is 1.22 bits per heavy atom. The fraction of sp³-hybridized carbons (Fsp3) is 0.611. The van der Waals surface area contributed by atoms with E-state index in [1.165, 1.54) is 5.56 Å². The van der Waals surface area contributed by atoms with Crippen molar-refractivity contribution in [2.75, 3.05) is 38.2 Å². The van der Waals surface area contributed by atoms with Crippen LogP contribution in [-0.4, -0.2) is 54.9 Å². The van der Waals surface area contributed by atoms with E-state index in [2.05, 4.69) is 22.3 Å². The number of nitrogens with one attached hydrogen (secondary N) is 1. The number of amides is 1. The van der Waals surface area contributed by atoms with Gasteiger partial charge in [0.25, 0.3) is 0 Å². The summed E-state index contributed by atoms with van der Waals surface area (Å²) in [6.45, 7) is 4.73. The Balaban J connectivity index is 1.47. The van der Waals surface area contributed by atoms with Crippen LogP contribution in [-0.2, 0) is 16.0 Å². The molecule has 3 rings (SSSR count). The second kappa shape index (κ2) is 7.90. The summed E-state index contributed by atoms with van der Waals surface area (Å²) in [6.07, 6.45) is 2.97. The molecule has 2 fully saturated rings. The third-order valence-electron chi connectivity index (χ3n) is 4.86. The van der Waals surface area contributed by atoms with Gasteiger partial charge in [-0.25, -0.2) is 0 Å². The van der Waals surface area contributed by atoms with Crippen LogP contribution in [0.1, 0.15) is 24.8 Å². The second-order valence-corrected chi connectivity index (χ2v) is 6.49. The number of aliphatic hydroxyl groups excluding tert-OH is 1. The molecule has 5 nitrogen and oxygen atoms in total. The van der Waals surface area contributed by atoms with Crippen LogP contribution in [0.25, 0.3) is 0 Å². The summed E-state index contributed by atoms with van der Waals surface area (Å²) >= 11 is 0. The van der Waals surface area contributed by atoms with Crippen LogP contribution in [0.4, 0.5) is 5.69 Å². The van der Waals surface area contributed by atoms with Crippen molar-refractivity contribution in [3.05, 3.63) is 29.8 Å². The molecule has 1 heterocycles. The first-order chi connectivity index (χ1) is 11.2.